The smallest absolute Gasteiger partial charge is 0.340 e. The van der Waals surface area contributed by atoms with Gasteiger partial charge in [-0.3, -0.25) is 9.59 Å². The zero-order valence-electron chi connectivity index (χ0n) is 19.8. The third-order valence-corrected chi connectivity index (χ3v) is 5.35. The number of hydrogen-bond donors (Lipinski definition) is 2. The number of carbonyl (C=O) groups excluding carboxylic acids is 3. The first-order valence-corrected chi connectivity index (χ1v) is 10.9. The summed E-state index contributed by atoms with van der Waals surface area (Å²) in [5, 5.41) is 5.35. The minimum atomic E-state index is -0.850. The van der Waals surface area contributed by atoms with Gasteiger partial charge in [-0.15, -0.1) is 0 Å². The molecule has 0 fully saturated rings. The van der Waals surface area contributed by atoms with Crippen molar-refractivity contribution in [2.45, 2.75) is 13.0 Å². The van der Waals surface area contributed by atoms with Crippen LogP contribution in [0.3, 0.4) is 0 Å². The number of hydrogen-bond acceptors (Lipinski definition) is 9. The van der Waals surface area contributed by atoms with Crippen LogP contribution in [-0.2, 0) is 9.53 Å². The summed E-state index contributed by atoms with van der Waals surface area (Å²) in [6.07, 6.45) is 1.35. The van der Waals surface area contributed by atoms with Gasteiger partial charge in [0.2, 0.25) is 6.79 Å². The van der Waals surface area contributed by atoms with Crippen LogP contribution in [0.1, 0.15) is 39.4 Å². The molecule has 1 atom stereocenters. The molecule has 0 bridgehead atoms. The summed E-state index contributed by atoms with van der Waals surface area (Å²) in [6.45, 7) is 1.39. The number of benzene rings is 2. The molecule has 1 aliphatic rings. The predicted molar refractivity (Wildman–Crippen MR) is 126 cm³/mol. The minimum Gasteiger partial charge on any atom is -0.493 e. The molecule has 2 heterocycles. The van der Waals surface area contributed by atoms with Crippen LogP contribution < -0.4 is 29.6 Å². The summed E-state index contributed by atoms with van der Waals surface area (Å²) in [4.78, 5) is 37.8. The van der Waals surface area contributed by atoms with Crippen molar-refractivity contribution in [3.05, 3.63) is 65.6 Å². The SMILES string of the molecule is COc1cc(NC(=O)c2ccco2)c(C(=O)OCC(=O)NC(C)c2ccc3c(c2)OCO3)cc1OC. The average molecular weight is 496 g/mol. The molecule has 0 saturated carbocycles. The number of anilines is 1. The van der Waals surface area contributed by atoms with Gasteiger partial charge in [0.15, 0.2) is 35.4 Å². The summed E-state index contributed by atoms with van der Waals surface area (Å²) in [5.41, 5.74) is 0.846. The second kappa shape index (κ2) is 10.7. The molecule has 11 heteroatoms. The van der Waals surface area contributed by atoms with Crippen LogP contribution in [0.4, 0.5) is 5.69 Å². The summed E-state index contributed by atoms with van der Waals surface area (Å²) in [7, 11) is 2.82. The Morgan fingerprint density at radius 3 is 2.47 bits per heavy atom. The molecule has 2 N–H and O–H groups in total. The lowest BCUT2D eigenvalue weighted by Gasteiger charge is -2.16. The van der Waals surface area contributed by atoms with E-state index in [1.807, 2.05) is 6.07 Å². The van der Waals surface area contributed by atoms with Crippen molar-refractivity contribution < 1.29 is 42.5 Å². The van der Waals surface area contributed by atoms with Crippen molar-refractivity contribution in [3.8, 4) is 23.0 Å². The molecule has 2 aromatic carbocycles. The van der Waals surface area contributed by atoms with Crippen molar-refractivity contribution in [1.82, 2.24) is 5.32 Å². The van der Waals surface area contributed by atoms with E-state index in [4.69, 9.17) is 28.1 Å². The van der Waals surface area contributed by atoms with Gasteiger partial charge in [-0.1, -0.05) is 6.07 Å². The molecule has 1 aliphatic heterocycles. The van der Waals surface area contributed by atoms with Crippen molar-refractivity contribution in [3.63, 3.8) is 0 Å². The molecule has 188 valence electrons. The maximum absolute atomic E-state index is 12.9. The molecule has 4 rings (SSSR count). The number of ether oxygens (including phenoxy) is 5. The first-order valence-electron chi connectivity index (χ1n) is 10.9. The molecular formula is C25H24N2O9. The molecule has 1 unspecified atom stereocenters. The van der Waals surface area contributed by atoms with Gasteiger partial charge >= 0.3 is 5.97 Å². The Balaban J connectivity index is 1.44. The zero-order valence-corrected chi connectivity index (χ0v) is 19.8. The van der Waals surface area contributed by atoms with Crippen LogP contribution in [0.15, 0.2) is 53.1 Å². The number of rotatable bonds is 9. The van der Waals surface area contributed by atoms with Gasteiger partial charge in [-0.05, 0) is 36.8 Å². The number of esters is 1. The molecule has 36 heavy (non-hydrogen) atoms. The van der Waals surface area contributed by atoms with Crippen LogP contribution in [0, 0.1) is 0 Å². The fraction of sp³-hybridized carbons (Fsp3) is 0.240. The number of furan rings is 1. The molecule has 0 saturated heterocycles. The van der Waals surface area contributed by atoms with Gasteiger partial charge in [0, 0.05) is 12.1 Å². The monoisotopic (exact) mass is 496 g/mol. The van der Waals surface area contributed by atoms with Crippen molar-refractivity contribution >= 4 is 23.5 Å². The summed E-state index contributed by atoms with van der Waals surface area (Å²) >= 11 is 0. The highest BCUT2D eigenvalue weighted by atomic mass is 16.7. The van der Waals surface area contributed by atoms with E-state index in [-0.39, 0.29) is 41.3 Å². The first kappa shape index (κ1) is 24.5. The van der Waals surface area contributed by atoms with E-state index < -0.39 is 24.4 Å². The van der Waals surface area contributed by atoms with E-state index >= 15 is 0 Å². The van der Waals surface area contributed by atoms with Crippen LogP contribution >= 0.6 is 0 Å². The van der Waals surface area contributed by atoms with E-state index in [2.05, 4.69) is 10.6 Å². The van der Waals surface area contributed by atoms with Crippen LogP contribution in [0.25, 0.3) is 0 Å². The topological polar surface area (TPSA) is 135 Å². The summed E-state index contributed by atoms with van der Waals surface area (Å²) in [5.74, 6) is -0.168. The Kier molecular flexibility index (Phi) is 7.28. The Morgan fingerprint density at radius 1 is 1.00 bits per heavy atom. The molecular weight excluding hydrogens is 472 g/mol. The highest BCUT2D eigenvalue weighted by molar-refractivity contribution is 6.07. The Hall–Kier alpha value is -4.67. The zero-order chi connectivity index (χ0) is 25.7. The van der Waals surface area contributed by atoms with Gasteiger partial charge < -0.3 is 38.7 Å². The van der Waals surface area contributed by atoms with Crippen molar-refractivity contribution in [1.29, 1.82) is 0 Å². The maximum atomic E-state index is 12.9. The second-order valence-electron chi connectivity index (χ2n) is 7.66. The highest BCUT2D eigenvalue weighted by Crippen LogP contribution is 2.35. The highest BCUT2D eigenvalue weighted by Gasteiger charge is 2.22. The lowest BCUT2D eigenvalue weighted by molar-refractivity contribution is -0.124. The van der Waals surface area contributed by atoms with Crippen molar-refractivity contribution in [2.75, 3.05) is 32.9 Å². The van der Waals surface area contributed by atoms with Gasteiger partial charge in [-0.2, -0.15) is 0 Å². The largest absolute Gasteiger partial charge is 0.493 e. The number of fused-ring (bicyclic) bond motifs is 1. The third kappa shape index (κ3) is 5.35. The third-order valence-electron chi connectivity index (χ3n) is 5.35. The normalized spacial score (nSPS) is 12.4. The minimum absolute atomic E-state index is 0.0378. The van der Waals surface area contributed by atoms with Crippen LogP contribution in [0.2, 0.25) is 0 Å². The van der Waals surface area contributed by atoms with E-state index in [0.717, 1.165) is 5.56 Å². The lowest BCUT2D eigenvalue weighted by atomic mass is 10.1. The fourth-order valence-corrected chi connectivity index (χ4v) is 3.50. The lowest BCUT2D eigenvalue weighted by Crippen LogP contribution is -2.31. The van der Waals surface area contributed by atoms with Gasteiger partial charge in [0.05, 0.1) is 37.8 Å². The fourth-order valence-electron chi connectivity index (χ4n) is 3.50. The second-order valence-corrected chi connectivity index (χ2v) is 7.66. The number of methoxy groups -OCH3 is 2. The van der Waals surface area contributed by atoms with Crippen LogP contribution in [-0.4, -0.2) is 45.4 Å². The van der Waals surface area contributed by atoms with Crippen molar-refractivity contribution in [2.24, 2.45) is 0 Å². The molecule has 0 spiro atoms. The Morgan fingerprint density at radius 2 is 1.75 bits per heavy atom. The average Bonchev–Trinajstić information content (AvgIpc) is 3.59. The Labute approximate surface area is 206 Å². The standard InChI is InChI=1S/C25H24N2O9/c1-14(15-6-7-18-22(9-15)36-13-35-18)26-23(28)12-34-25(30)16-10-20(31-2)21(32-3)11-17(16)27-24(29)19-5-4-8-33-19/h4-11,14H,12-13H2,1-3H3,(H,26,28)(H,27,29). The first-order chi connectivity index (χ1) is 17.4. The number of carbonyl (C=O) groups is 3. The molecule has 3 aromatic rings. The number of amides is 2. The van der Waals surface area contributed by atoms with E-state index in [9.17, 15) is 14.4 Å². The molecule has 0 aliphatic carbocycles. The van der Waals surface area contributed by atoms with Gasteiger partial charge in [-0.25, -0.2) is 4.79 Å². The predicted octanol–water partition coefficient (Wildman–Crippen LogP) is 3.31. The van der Waals surface area contributed by atoms with E-state index in [1.54, 1.807) is 25.1 Å². The Bertz CT molecular complexity index is 1270. The molecule has 1 aromatic heterocycles. The summed E-state index contributed by atoms with van der Waals surface area (Å²) in [6, 6.07) is 10.8. The molecule has 0 radical (unpaired) electrons. The molecule has 11 nitrogen and oxygen atoms in total. The summed E-state index contributed by atoms with van der Waals surface area (Å²) < 4.78 is 31.5. The maximum Gasteiger partial charge on any atom is 0.340 e. The van der Waals surface area contributed by atoms with Crippen LogP contribution in [0.5, 0.6) is 23.0 Å². The number of nitrogens with one attached hydrogen (secondary N) is 2. The van der Waals surface area contributed by atoms with E-state index in [0.29, 0.717) is 11.5 Å². The van der Waals surface area contributed by atoms with E-state index in [1.165, 1.54) is 38.7 Å². The van der Waals surface area contributed by atoms with Gasteiger partial charge in [0.1, 0.15) is 0 Å². The van der Waals surface area contributed by atoms with Gasteiger partial charge in [0.25, 0.3) is 11.8 Å². The quantitative estimate of drug-likeness (QED) is 0.428. The molecule has 2 amide bonds.